The Bertz CT molecular complexity index is 1090. The van der Waals surface area contributed by atoms with Crippen LogP contribution in [0.5, 0.6) is 5.75 Å². The molecule has 166 valence electrons. The molecule has 32 heavy (non-hydrogen) atoms. The predicted octanol–water partition coefficient (Wildman–Crippen LogP) is 7.67. The van der Waals surface area contributed by atoms with Gasteiger partial charge in [-0.1, -0.05) is 68.0 Å². The van der Waals surface area contributed by atoms with Gasteiger partial charge < -0.3 is 9.47 Å². The van der Waals surface area contributed by atoms with E-state index in [4.69, 9.17) is 9.47 Å². The van der Waals surface area contributed by atoms with Crippen molar-refractivity contribution in [3.8, 4) is 28.0 Å². The molecule has 0 spiro atoms. The van der Waals surface area contributed by atoms with Crippen LogP contribution >= 0.6 is 0 Å². The molecule has 1 aliphatic heterocycles. The molecule has 4 rings (SSSR count). The highest BCUT2D eigenvalue weighted by Gasteiger charge is 2.16. The zero-order valence-corrected chi connectivity index (χ0v) is 18.5. The molecule has 3 aromatic rings. The number of ether oxygens (including phenoxy) is 2. The van der Waals surface area contributed by atoms with Crippen LogP contribution in [-0.2, 0) is 4.74 Å². The van der Waals surface area contributed by atoms with E-state index in [1.807, 2.05) is 24.3 Å². The van der Waals surface area contributed by atoms with Gasteiger partial charge in [0.05, 0.1) is 19.3 Å². The molecule has 1 aliphatic rings. The van der Waals surface area contributed by atoms with Crippen LogP contribution in [0.25, 0.3) is 27.8 Å². The molecular formula is C28H28F2O2. The number of halogens is 2. The third-order valence-corrected chi connectivity index (χ3v) is 5.84. The maximum absolute atomic E-state index is 14.5. The van der Waals surface area contributed by atoms with Crippen LogP contribution in [0.2, 0.25) is 0 Å². The summed E-state index contributed by atoms with van der Waals surface area (Å²) in [5.74, 6) is -1.91. The van der Waals surface area contributed by atoms with Gasteiger partial charge in [0, 0.05) is 5.56 Å². The van der Waals surface area contributed by atoms with Crippen LogP contribution in [0.15, 0.2) is 66.7 Å². The van der Waals surface area contributed by atoms with E-state index in [0.717, 1.165) is 30.4 Å². The Balaban J connectivity index is 1.50. The van der Waals surface area contributed by atoms with Crippen molar-refractivity contribution in [3.63, 3.8) is 0 Å². The molecule has 1 unspecified atom stereocenters. The summed E-state index contributed by atoms with van der Waals surface area (Å²) in [6, 6.07) is 18.9. The average molecular weight is 435 g/mol. The van der Waals surface area contributed by atoms with Crippen molar-refractivity contribution in [1.29, 1.82) is 0 Å². The van der Waals surface area contributed by atoms with Gasteiger partial charge in [-0.2, -0.15) is 4.39 Å². The summed E-state index contributed by atoms with van der Waals surface area (Å²) in [4.78, 5) is 0. The topological polar surface area (TPSA) is 18.5 Å². The summed E-state index contributed by atoms with van der Waals surface area (Å²) < 4.78 is 39.8. The van der Waals surface area contributed by atoms with E-state index in [-0.39, 0.29) is 17.9 Å². The first-order chi connectivity index (χ1) is 15.6. The SMILES string of the molecule is CCCC1CC=C(c2ccc(-c3ccc(-c4ccc(OCC)c(F)c4F)cc3)cc2)CO1. The van der Waals surface area contributed by atoms with Gasteiger partial charge in [-0.25, -0.2) is 4.39 Å². The third-order valence-electron chi connectivity index (χ3n) is 5.84. The van der Waals surface area contributed by atoms with E-state index >= 15 is 0 Å². The van der Waals surface area contributed by atoms with Gasteiger partial charge in [-0.05, 0) is 59.7 Å². The second kappa shape index (κ2) is 10.1. The molecule has 0 saturated carbocycles. The van der Waals surface area contributed by atoms with E-state index in [0.29, 0.717) is 18.3 Å². The van der Waals surface area contributed by atoms with Gasteiger partial charge in [-0.15, -0.1) is 0 Å². The van der Waals surface area contributed by atoms with Crippen LogP contribution in [0.1, 0.15) is 38.7 Å². The molecule has 1 atom stereocenters. The van der Waals surface area contributed by atoms with E-state index in [2.05, 4.69) is 37.3 Å². The van der Waals surface area contributed by atoms with E-state index < -0.39 is 11.6 Å². The number of hydrogen-bond donors (Lipinski definition) is 0. The zero-order chi connectivity index (χ0) is 22.5. The molecule has 0 saturated heterocycles. The van der Waals surface area contributed by atoms with Crippen molar-refractivity contribution in [3.05, 3.63) is 83.9 Å². The van der Waals surface area contributed by atoms with E-state index in [9.17, 15) is 8.78 Å². The molecule has 0 aliphatic carbocycles. The Morgan fingerprint density at radius 1 is 0.812 bits per heavy atom. The average Bonchev–Trinajstić information content (AvgIpc) is 2.83. The molecule has 2 nitrogen and oxygen atoms in total. The molecule has 0 amide bonds. The molecule has 3 aromatic carbocycles. The van der Waals surface area contributed by atoms with Crippen molar-refractivity contribution in [2.45, 2.75) is 39.2 Å². The Morgan fingerprint density at radius 3 is 2.00 bits per heavy atom. The first-order valence-electron chi connectivity index (χ1n) is 11.2. The minimum absolute atomic E-state index is 0.0650. The second-order valence-electron chi connectivity index (χ2n) is 8.01. The minimum atomic E-state index is -0.953. The maximum atomic E-state index is 14.5. The predicted molar refractivity (Wildman–Crippen MR) is 126 cm³/mol. The summed E-state index contributed by atoms with van der Waals surface area (Å²) in [6.45, 7) is 4.86. The van der Waals surface area contributed by atoms with Gasteiger partial charge in [-0.3, -0.25) is 0 Å². The molecule has 1 heterocycles. The third kappa shape index (κ3) is 4.76. The summed E-state index contributed by atoms with van der Waals surface area (Å²) in [7, 11) is 0. The Kier molecular flexibility index (Phi) is 7.01. The van der Waals surface area contributed by atoms with Gasteiger partial charge in [0.2, 0.25) is 5.82 Å². The van der Waals surface area contributed by atoms with Crippen LogP contribution in [0.3, 0.4) is 0 Å². The highest BCUT2D eigenvalue weighted by molar-refractivity contribution is 5.74. The lowest BCUT2D eigenvalue weighted by Gasteiger charge is -2.22. The molecule has 0 radical (unpaired) electrons. The Morgan fingerprint density at radius 2 is 1.44 bits per heavy atom. The second-order valence-corrected chi connectivity index (χ2v) is 8.01. The lowest BCUT2D eigenvalue weighted by atomic mass is 9.96. The molecule has 0 aromatic heterocycles. The van der Waals surface area contributed by atoms with Crippen molar-refractivity contribution in [2.24, 2.45) is 0 Å². The number of benzene rings is 3. The summed E-state index contributed by atoms with van der Waals surface area (Å²) >= 11 is 0. The molecule has 0 fully saturated rings. The van der Waals surface area contributed by atoms with Crippen LogP contribution < -0.4 is 4.74 Å². The fraction of sp³-hybridized carbons (Fsp3) is 0.286. The normalized spacial score (nSPS) is 16.0. The van der Waals surface area contributed by atoms with Crippen molar-refractivity contribution in [2.75, 3.05) is 13.2 Å². The van der Waals surface area contributed by atoms with Gasteiger partial charge >= 0.3 is 0 Å². The first-order valence-corrected chi connectivity index (χ1v) is 11.2. The van der Waals surface area contributed by atoms with Gasteiger partial charge in [0.25, 0.3) is 0 Å². The Hall–Kier alpha value is -2.98. The monoisotopic (exact) mass is 434 g/mol. The van der Waals surface area contributed by atoms with Crippen molar-refractivity contribution < 1.29 is 18.3 Å². The fourth-order valence-electron chi connectivity index (χ4n) is 4.07. The molecule has 0 bridgehead atoms. The molecule has 4 heteroatoms. The number of hydrogen-bond acceptors (Lipinski definition) is 2. The standard InChI is InChI=1S/C28H28F2O2/c1-3-5-24-15-14-23(18-32-24)21-8-6-19(7-9-21)20-10-12-22(13-11-20)25-16-17-26(31-4-2)28(30)27(25)29/h6-14,16-17,24H,3-5,15,18H2,1-2H3. The Labute approximate surface area is 188 Å². The zero-order valence-electron chi connectivity index (χ0n) is 18.5. The fourth-order valence-corrected chi connectivity index (χ4v) is 4.07. The van der Waals surface area contributed by atoms with E-state index in [1.54, 1.807) is 13.0 Å². The summed E-state index contributed by atoms with van der Waals surface area (Å²) in [5.41, 5.74) is 5.33. The smallest absolute Gasteiger partial charge is 0.201 e. The minimum Gasteiger partial charge on any atom is -0.491 e. The van der Waals surface area contributed by atoms with Crippen LogP contribution in [0, 0.1) is 11.6 Å². The van der Waals surface area contributed by atoms with Crippen molar-refractivity contribution >= 4 is 5.57 Å². The van der Waals surface area contributed by atoms with Crippen LogP contribution in [-0.4, -0.2) is 19.3 Å². The quantitative estimate of drug-likeness (QED) is 0.380. The number of rotatable bonds is 7. The van der Waals surface area contributed by atoms with Crippen LogP contribution in [0.4, 0.5) is 8.78 Å². The highest BCUT2D eigenvalue weighted by Crippen LogP contribution is 2.32. The first kappa shape index (κ1) is 22.2. The largest absolute Gasteiger partial charge is 0.491 e. The summed E-state index contributed by atoms with van der Waals surface area (Å²) in [6.07, 6.45) is 5.84. The maximum Gasteiger partial charge on any atom is 0.201 e. The van der Waals surface area contributed by atoms with Gasteiger partial charge in [0.1, 0.15) is 0 Å². The highest BCUT2D eigenvalue weighted by atomic mass is 19.2. The molecule has 0 N–H and O–H groups in total. The summed E-state index contributed by atoms with van der Waals surface area (Å²) in [5, 5.41) is 0. The van der Waals surface area contributed by atoms with E-state index in [1.165, 1.54) is 17.2 Å². The van der Waals surface area contributed by atoms with Crippen molar-refractivity contribution in [1.82, 2.24) is 0 Å². The van der Waals surface area contributed by atoms with Gasteiger partial charge in [0.15, 0.2) is 11.6 Å². The molecular weight excluding hydrogens is 406 g/mol. The lowest BCUT2D eigenvalue weighted by molar-refractivity contribution is 0.0661. The lowest BCUT2D eigenvalue weighted by Crippen LogP contribution is -2.17.